The number of carbonyl (C=O) groups excluding carboxylic acids is 1. The largest absolute Gasteiger partial charge is 0.353 e. The number of amides is 1. The summed E-state index contributed by atoms with van der Waals surface area (Å²) in [7, 11) is 0. The predicted octanol–water partition coefficient (Wildman–Crippen LogP) is 1.40. The van der Waals surface area contributed by atoms with Crippen LogP contribution in [-0.4, -0.2) is 77.4 Å². The average molecular weight is 416 g/mol. The maximum atomic E-state index is 13.8. The lowest BCUT2D eigenvalue weighted by Gasteiger charge is -2.37. The van der Waals surface area contributed by atoms with E-state index < -0.39 is 43.4 Å². The summed E-state index contributed by atoms with van der Waals surface area (Å²) in [6.07, 6.45) is -0.869. The molecule has 4 heterocycles. The maximum absolute atomic E-state index is 13.8. The van der Waals surface area contributed by atoms with E-state index in [2.05, 4.69) is 9.97 Å². The molecular weight excluding hydrogens is 392 g/mol. The smallest absolute Gasteiger partial charge is 0.266 e. The van der Waals surface area contributed by atoms with Crippen LogP contribution in [0.4, 0.5) is 29.2 Å². The van der Waals surface area contributed by atoms with Gasteiger partial charge in [-0.3, -0.25) is 4.79 Å². The van der Waals surface area contributed by atoms with Crippen LogP contribution >= 0.6 is 0 Å². The van der Waals surface area contributed by atoms with Crippen LogP contribution in [0.3, 0.4) is 0 Å². The van der Waals surface area contributed by atoms with Crippen molar-refractivity contribution in [2.75, 3.05) is 42.5 Å². The number of aryl methyl sites for hydroxylation is 1. The zero-order valence-corrected chi connectivity index (χ0v) is 16.1. The van der Waals surface area contributed by atoms with Gasteiger partial charge in [0.1, 0.15) is 17.5 Å². The van der Waals surface area contributed by atoms with E-state index in [-0.39, 0.29) is 31.8 Å². The third kappa shape index (κ3) is 4.10. The van der Waals surface area contributed by atoms with Crippen molar-refractivity contribution in [3.63, 3.8) is 0 Å². The first-order valence-corrected chi connectivity index (χ1v) is 9.69. The molecular formula is C18H24F4N6O. The zero-order chi connectivity index (χ0) is 21.0. The number of hydrogen-bond donors (Lipinski definition) is 1. The van der Waals surface area contributed by atoms with Gasteiger partial charge in [0, 0.05) is 51.0 Å². The summed E-state index contributed by atoms with van der Waals surface area (Å²) in [6.45, 7) is 1.42. The number of nitrogens with two attached hydrogens (primary N) is 1. The molecule has 3 saturated heterocycles. The Morgan fingerprint density at radius 1 is 1.03 bits per heavy atom. The molecule has 0 spiro atoms. The van der Waals surface area contributed by atoms with Gasteiger partial charge in [0.25, 0.3) is 11.8 Å². The average Bonchev–Trinajstić information content (AvgIpc) is 3.19. The number of halogens is 4. The van der Waals surface area contributed by atoms with Crippen molar-refractivity contribution in [1.82, 2.24) is 14.9 Å². The van der Waals surface area contributed by atoms with E-state index >= 15 is 0 Å². The molecule has 0 unspecified atom stereocenters. The minimum absolute atomic E-state index is 0.197. The van der Waals surface area contributed by atoms with Gasteiger partial charge >= 0.3 is 0 Å². The van der Waals surface area contributed by atoms with Crippen LogP contribution in [0.25, 0.3) is 0 Å². The molecule has 160 valence electrons. The van der Waals surface area contributed by atoms with E-state index in [0.29, 0.717) is 24.0 Å². The van der Waals surface area contributed by atoms with Crippen molar-refractivity contribution in [3.05, 3.63) is 11.9 Å². The molecule has 2 N–H and O–H groups in total. The number of hydrogen-bond acceptors (Lipinski definition) is 6. The quantitative estimate of drug-likeness (QED) is 0.751. The molecule has 0 saturated carbocycles. The molecule has 1 aromatic heterocycles. The number of piperidine rings is 1. The number of anilines is 2. The van der Waals surface area contributed by atoms with Gasteiger partial charge in [0.15, 0.2) is 0 Å². The number of aromatic nitrogens is 2. The van der Waals surface area contributed by atoms with Crippen LogP contribution < -0.4 is 15.5 Å². The zero-order valence-electron chi connectivity index (χ0n) is 16.1. The number of alkyl halides is 4. The lowest BCUT2D eigenvalue weighted by atomic mass is 10.0. The molecule has 3 aliphatic rings. The monoisotopic (exact) mass is 416 g/mol. The Bertz CT molecular complexity index is 807. The minimum atomic E-state index is -2.92. The van der Waals surface area contributed by atoms with Crippen molar-refractivity contribution in [3.8, 4) is 0 Å². The summed E-state index contributed by atoms with van der Waals surface area (Å²) < 4.78 is 54.8. The van der Waals surface area contributed by atoms with Gasteiger partial charge in [-0.2, -0.15) is 0 Å². The summed E-state index contributed by atoms with van der Waals surface area (Å²) in [6, 6.07) is 0.557. The van der Waals surface area contributed by atoms with E-state index in [1.807, 2.05) is 4.90 Å². The third-order valence-electron chi connectivity index (χ3n) is 5.79. The Hall–Kier alpha value is -2.17. The molecule has 1 amide bonds. The molecule has 0 aromatic carbocycles. The van der Waals surface area contributed by atoms with Gasteiger partial charge in [0.05, 0.1) is 19.1 Å². The molecule has 3 aliphatic heterocycles. The summed E-state index contributed by atoms with van der Waals surface area (Å²) in [5, 5.41) is 0. The summed E-state index contributed by atoms with van der Waals surface area (Å²) in [5.41, 5.74) is 6.19. The molecule has 29 heavy (non-hydrogen) atoms. The molecule has 4 rings (SSSR count). The lowest BCUT2D eigenvalue weighted by molar-refractivity contribution is -0.150. The van der Waals surface area contributed by atoms with Gasteiger partial charge in [-0.1, -0.05) is 0 Å². The highest BCUT2D eigenvalue weighted by molar-refractivity contribution is 5.78. The number of likely N-dealkylation sites (tertiary alicyclic amines) is 1. The van der Waals surface area contributed by atoms with Crippen LogP contribution in [-0.2, 0) is 4.79 Å². The molecule has 0 aliphatic carbocycles. The summed E-state index contributed by atoms with van der Waals surface area (Å²) in [5.74, 6) is -4.66. The fourth-order valence-corrected chi connectivity index (χ4v) is 4.27. The number of rotatable bonds is 3. The van der Waals surface area contributed by atoms with Crippen molar-refractivity contribution in [2.24, 2.45) is 5.73 Å². The van der Waals surface area contributed by atoms with Gasteiger partial charge in [-0.25, -0.2) is 27.5 Å². The highest BCUT2D eigenvalue weighted by atomic mass is 19.3. The summed E-state index contributed by atoms with van der Waals surface area (Å²) >= 11 is 0. The molecule has 11 heteroatoms. The van der Waals surface area contributed by atoms with Crippen LogP contribution in [0.2, 0.25) is 0 Å². The van der Waals surface area contributed by atoms with Crippen LogP contribution in [0.1, 0.15) is 25.1 Å². The Morgan fingerprint density at radius 3 is 2.34 bits per heavy atom. The Kier molecular flexibility index (Phi) is 4.83. The van der Waals surface area contributed by atoms with E-state index in [4.69, 9.17) is 5.73 Å². The van der Waals surface area contributed by atoms with Crippen LogP contribution in [0.15, 0.2) is 6.07 Å². The fraction of sp³-hybridized carbons (Fsp3) is 0.722. The molecule has 1 aromatic rings. The van der Waals surface area contributed by atoms with Crippen molar-refractivity contribution in [1.29, 1.82) is 0 Å². The Labute approximate surface area is 165 Å². The molecule has 0 bridgehead atoms. The van der Waals surface area contributed by atoms with Crippen molar-refractivity contribution >= 4 is 17.5 Å². The molecule has 7 nitrogen and oxygen atoms in total. The highest BCUT2D eigenvalue weighted by Gasteiger charge is 2.46. The number of nitrogens with zero attached hydrogens (tertiary/aromatic N) is 5. The predicted molar refractivity (Wildman–Crippen MR) is 98.4 cm³/mol. The lowest BCUT2D eigenvalue weighted by Crippen LogP contribution is -2.56. The first-order chi connectivity index (χ1) is 13.5. The maximum Gasteiger partial charge on any atom is 0.266 e. The van der Waals surface area contributed by atoms with E-state index in [1.54, 1.807) is 13.0 Å². The van der Waals surface area contributed by atoms with Crippen molar-refractivity contribution < 1.29 is 22.4 Å². The van der Waals surface area contributed by atoms with Gasteiger partial charge in [-0.15, -0.1) is 0 Å². The molecule has 3 fully saturated rings. The van der Waals surface area contributed by atoms with Crippen LogP contribution in [0.5, 0.6) is 0 Å². The second-order valence-electron chi connectivity index (χ2n) is 8.17. The van der Waals surface area contributed by atoms with Gasteiger partial charge < -0.3 is 20.4 Å². The molecule has 0 radical (unpaired) electrons. The second kappa shape index (κ2) is 6.96. The van der Waals surface area contributed by atoms with Gasteiger partial charge in [-0.05, 0) is 6.92 Å². The first kappa shape index (κ1) is 20.1. The normalized spacial score (nSPS) is 29.0. The van der Waals surface area contributed by atoms with Crippen molar-refractivity contribution in [2.45, 2.75) is 50.1 Å². The topological polar surface area (TPSA) is 78.6 Å². The number of carbonyl (C=O) groups is 1. The molecule has 2 atom stereocenters. The van der Waals surface area contributed by atoms with Crippen LogP contribution in [0, 0.1) is 6.92 Å². The Balaban J connectivity index is 1.53. The van der Waals surface area contributed by atoms with E-state index in [1.165, 1.54) is 9.80 Å². The first-order valence-electron chi connectivity index (χ1n) is 9.69. The standard InChI is InChI=1S/C18H24F4N6O/c1-11-24-14(26-5-4-18(21,22)9-26)6-15(25-11)27-7-12(23)13(8-27)28-10-17(19,20)3-2-16(28)29/h6,12-13H,2-5,7-10,23H2,1H3/t12-,13-/m0/s1. The highest BCUT2D eigenvalue weighted by Crippen LogP contribution is 2.33. The SMILES string of the molecule is Cc1nc(N2C[C@H](N)[C@@H](N3CC(F)(F)CCC3=O)C2)cc(N2CCC(F)(F)C2)n1. The Morgan fingerprint density at radius 2 is 1.69 bits per heavy atom. The van der Waals surface area contributed by atoms with E-state index in [9.17, 15) is 22.4 Å². The second-order valence-corrected chi connectivity index (χ2v) is 8.17. The summed E-state index contributed by atoms with van der Waals surface area (Å²) in [4.78, 5) is 25.4. The third-order valence-corrected chi connectivity index (χ3v) is 5.79. The van der Waals surface area contributed by atoms with Gasteiger partial charge in [0.2, 0.25) is 5.91 Å². The fourth-order valence-electron chi connectivity index (χ4n) is 4.27. The minimum Gasteiger partial charge on any atom is -0.353 e. The van der Waals surface area contributed by atoms with E-state index in [0.717, 1.165) is 0 Å².